The summed E-state index contributed by atoms with van der Waals surface area (Å²) >= 11 is 0. The molecule has 0 spiro atoms. The summed E-state index contributed by atoms with van der Waals surface area (Å²) in [6.45, 7) is 13.5. The molecule has 0 aliphatic heterocycles. The number of likely N-dealkylation sites (N-methyl/N-ethyl adjacent to an activating group) is 1. The number of aliphatic hydroxyl groups is 1. The number of aliphatic hydroxyl groups excluding tert-OH is 1. The second-order valence-electron chi connectivity index (χ2n) is 6.03. The van der Waals surface area contributed by atoms with E-state index in [4.69, 9.17) is 5.11 Å². The molecule has 0 fully saturated rings. The molecule has 1 rings (SSSR count). The SMILES string of the molecule is CCN(CCO)c1ccc(CNC(C)(C)C)cc1C. The second-order valence-corrected chi connectivity index (χ2v) is 6.03. The van der Waals surface area contributed by atoms with Crippen molar-refractivity contribution in [1.29, 1.82) is 0 Å². The Labute approximate surface area is 117 Å². The third-order valence-electron chi connectivity index (χ3n) is 3.18. The molecular weight excluding hydrogens is 236 g/mol. The number of aryl methyl sites for hydroxylation is 1. The molecule has 1 aromatic rings. The van der Waals surface area contributed by atoms with Crippen molar-refractivity contribution >= 4 is 5.69 Å². The molecule has 0 saturated carbocycles. The minimum absolute atomic E-state index is 0.138. The summed E-state index contributed by atoms with van der Waals surface area (Å²) in [7, 11) is 0. The topological polar surface area (TPSA) is 35.5 Å². The van der Waals surface area contributed by atoms with E-state index in [-0.39, 0.29) is 12.1 Å². The molecule has 1 aromatic carbocycles. The first-order chi connectivity index (χ1) is 8.87. The van der Waals surface area contributed by atoms with Crippen molar-refractivity contribution in [3.63, 3.8) is 0 Å². The van der Waals surface area contributed by atoms with Gasteiger partial charge in [0.25, 0.3) is 0 Å². The Bertz CT molecular complexity index is 396. The van der Waals surface area contributed by atoms with Crippen LogP contribution in [0.5, 0.6) is 0 Å². The van der Waals surface area contributed by atoms with Crippen LogP contribution in [-0.4, -0.2) is 30.3 Å². The molecule has 108 valence electrons. The molecule has 0 aliphatic rings. The van der Waals surface area contributed by atoms with E-state index in [1.807, 2.05) is 0 Å². The highest BCUT2D eigenvalue weighted by Gasteiger charge is 2.10. The molecular formula is C16H28N2O. The molecule has 0 amide bonds. The summed E-state index contributed by atoms with van der Waals surface area (Å²) < 4.78 is 0. The van der Waals surface area contributed by atoms with Crippen LogP contribution in [0.1, 0.15) is 38.8 Å². The van der Waals surface area contributed by atoms with Gasteiger partial charge >= 0.3 is 0 Å². The van der Waals surface area contributed by atoms with Crippen LogP contribution in [0.2, 0.25) is 0 Å². The van der Waals surface area contributed by atoms with Gasteiger partial charge in [-0.15, -0.1) is 0 Å². The minimum atomic E-state index is 0.138. The lowest BCUT2D eigenvalue weighted by Gasteiger charge is -2.25. The first-order valence-corrected chi connectivity index (χ1v) is 7.07. The zero-order chi connectivity index (χ0) is 14.5. The van der Waals surface area contributed by atoms with Gasteiger partial charge in [-0.2, -0.15) is 0 Å². The first-order valence-electron chi connectivity index (χ1n) is 7.07. The zero-order valence-electron chi connectivity index (χ0n) is 13.0. The Kier molecular flexibility index (Phi) is 5.83. The van der Waals surface area contributed by atoms with Crippen LogP contribution in [0, 0.1) is 6.92 Å². The largest absolute Gasteiger partial charge is 0.395 e. The fourth-order valence-electron chi connectivity index (χ4n) is 2.12. The number of nitrogens with one attached hydrogen (secondary N) is 1. The maximum Gasteiger partial charge on any atom is 0.0606 e. The molecule has 0 aliphatic carbocycles. The Morgan fingerprint density at radius 3 is 2.42 bits per heavy atom. The second kappa shape index (κ2) is 6.92. The van der Waals surface area contributed by atoms with Crippen LogP contribution in [-0.2, 0) is 6.54 Å². The monoisotopic (exact) mass is 264 g/mol. The van der Waals surface area contributed by atoms with E-state index in [1.165, 1.54) is 16.8 Å². The zero-order valence-corrected chi connectivity index (χ0v) is 13.0. The smallest absolute Gasteiger partial charge is 0.0606 e. The average Bonchev–Trinajstić information content (AvgIpc) is 2.33. The lowest BCUT2D eigenvalue weighted by atomic mass is 10.1. The van der Waals surface area contributed by atoms with Crippen molar-refractivity contribution in [2.24, 2.45) is 0 Å². The molecule has 0 radical (unpaired) electrons. The molecule has 0 aromatic heterocycles. The number of rotatable bonds is 6. The molecule has 0 atom stereocenters. The summed E-state index contributed by atoms with van der Waals surface area (Å²) in [5.74, 6) is 0. The van der Waals surface area contributed by atoms with Crippen LogP contribution in [0.15, 0.2) is 18.2 Å². The molecule has 19 heavy (non-hydrogen) atoms. The summed E-state index contributed by atoms with van der Waals surface area (Å²) in [6.07, 6.45) is 0. The Balaban J connectivity index is 2.79. The van der Waals surface area contributed by atoms with E-state index >= 15 is 0 Å². The first kappa shape index (κ1) is 16.0. The van der Waals surface area contributed by atoms with Crippen LogP contribution in [0.3, 0.4) is 0 Å². The van der Waals surface area contributed by atoms with E-state index in [0.717, 1.165) is 13.1 Å². The molecule has 3 heteroatoms. The van der Waals surface area contributed by atoms with Gasteiger partial charge in [0.15, 0.2) is 0 Å². The predicted octanol–water partition coefficient (Wildman–Crippen LogP) is 2.70. The Hall–Kier alpha value is -1.06. The standard InChI is InChI=1S/C16H28N2O/c1-6-18(9-10-19)15-8-7-14(11-13(15)2)12-17-16(3,4)5/h7-8,11,17,19H,6,9-10,12H2,1-5H3. The van der Waals surface area contributed by atoms with Gasteiger partial charge in [-0.25, -0.2) is 0 Å². The number of hydrogen-bond donors (Lipinski definition) is 2. The van der Waals surface area contributed by atoms with Crippen molar-refractivity contribution in [2.75, 3.05) is 24.6 Å². The molecule has 2 N–H and O–H groups in total. The van der Waals surface area contributed by atoms with Gasteiger partial charge < -0.3 is 15.3 Å². The lowest BCUT2D eigenvalue weighted by molar-refractivity contribution is 0.302. The minimum Gasteiger partial charge on any atom is -0.395 e. The number of hydrogen-bond acceptors (Lipinski definition) is 3. The number of nitrogens with zero attached hydrogens (tertiary/aromatic N) is 1. The number of anilines is 1. The van der Waals surface area contributed by atoms with Crippen molar-refractivity contribution in [1.82, 2.24) is 5.32 Å². The van der Waals surface area contributed by atoms with Crippen molar-refractivity contribution < 1.29 is 5.11 Å². The van der Waals surface area contributed by atoms with E-state index in [0.29, 0.717) is 6.54 Å². The summed E-state index contributed by atoms with van der Waals surface area (Å²) in [5.41, 5.74) is 3.93. The highest BCUT2D eigenvalue weighted by atomic mass is 16.3. The summed E-state index contributed by atoms with van der Waals surface area (Å²) in [5, 5.41) is 12.6. The third-order valence-corrected chi connectivity index (χ3v) is 3.18. The Morgan fingerprint density at radius 1 is 1.26 bits per heavy atom. The van der Waals surface area contributed by atoms with Gasteiger partial charge in [0, 0.05) is 30.9 Å². The molecule has 0 heterocycles. The van der Waals surface area contributed by atoms with Gasteiger partial charge in [-0.3, -0.25) is 0 Å². The van der Waals surface area contributed by atoms with Gasteiger partial charge in [0.2, 0.25) is 0 Å². The average molecular weight is 264 g/mol. The fourth-order valence-corrected chi connectivity index (χ4v) is 2.12. The van der Waals surface area contributed by atoms with E-state index in [1.54, 1.807) is 0 Å². The Morgan fingerprint density at radius 2 is 1.95 bits per heavy atom. The summed E-state index contributed by atoms with van der Waals surface area (Å²) in [6, 6.07) is 6.56. The molecule has 3 nitrogen and oxygen atoms in total. The fraction of sp³-hybridized carbons (Fsp3) is 0.625. The van der Waals surface area contributed by atoms with Crippen LogP contribution < -0.4 is 10.2 Å². The van der Waals surface area contributed by atoms with Crippen molar-refractivity contribution in [3.8, 4) is 0 Å². The normalized spacial score (nSPS) is 11.7. The van der Waals surface area contributed by atoms with Gasteiger partial charge in [0.05, 0.1) is 6.61 Å². The highest BCUT2D eigenvalue weighted by Crippen LogP contribution is 2.21. The van der Waals surface area contributed by atoms with E-state index in [9.17, 15) is 0 Å². The molecule has 0 unspecified atom stereocenters. The van der Waals surface area contributed by atoms with E-state index < -0.39 is 0 Å². The molecule has 0 saturated heterocycles. The van der Waals surface area contributed by atoms with Crippen LogP contribution in [0.4, 0.5) is 5.69 Å². The van der Waals surface area contributed by atoms with Crippen molar-refractivity contribution in [3.05, 3.63) is 29.3 Å². The maximum absolute atomic E-state index is 9.10. The van der Waals surface area contributed by atoms with Gasteiger partial charge in [0.1, 0.15) is 0 Å². The van der Waals surface area contributed by atoms with Crippen LogP contribution in [0.25, 0.3) is 0 Å². The predicted molar refractivity (Wildman–Crippen MR) is 82.7 cm³/mol. The van der Waals surface area contributed by atoms with Gasteiger partial charge in [-0.1, -0.05) is 12.1 Å². The van der Waals surface area contributed by atoms with Gasteiger partial charge in [-0.05, 0) is 51.8 Å². The van der Waals surface area contributed by atoms with Crippen molar-refractivity contribution in [2.45, 2.75) is 46.7 Å². The third kappa shape index (κ3) is 5.21. The number of benzene rings is 1. The maximum atomic E-state index is 9.10. The molecule has 0 bridgehead atoms. The van der Waals surface area contributed by atoms with Crippen LogP contribution >= 0.6 is 0 Å². The highest BCUT2D eigenvalue weighted by molar-refractivity contribution is 5.54. The summed E-state index contributed by atoms with van der Waals surface area (Å²) in [4.78, 5) is 2.20. The lowest BCUT2D eigenvalue weighted by Crippen LogP contribution is -2.35. The quantitative estimate of drug-likeness (QED) is 0.829. The van der Waals surface area contributed by atoms with E-state index in [2.05, 4.69) is 63.0 Å².